The van der Waals surface area contributed by atoms with E-state index >= 15 is 0 Å². The first-order chi connectivity index (χ1) is 16.4. The highest BCUT2D eigenvalue weighted by Crippen LogP contribution is 2.44. The summed E-state index contributed by atoms with van der Waals surface area (Å²) in [6.45, 7) is 0. The molecule has 1 aliphatic rings. The molecule has 1 N–H and O–H groups in total. The minimum atomic E-state index is -1.05. The number of hydrogen-bond acceptors (Lipinski definition) is 6. The third kappa shape index (κ3) is 3.94. The quantitative estimate of drug-likeness (QED) is 0.330. The summed E-state index contributed by atoms with van der Waals surface area (Å²) < 4.78 is 30.0. The van der Waals surface area contributed by atoms with Gasteiger partial charge in [0.15, 0.2) is 0 Å². The van der Waals surface area contributed by atoms with Gasteiger partial charge < -0.3 is 19.3 Å². The number of benzene rings is 3. The smallest absolute Gasteiger partial charge is 0.300 e. The molecule has 3 aromatic rings. The second-order valence-electron chi connectivity index (χ2n) is 7.49. The number of aliphatic hydroxyl groups is 1. The number of halogens is 1. The summed E-state index contributed by atoms with van der Waals surface area (Å²) in [6, 6.07) is 15.8. The van der Waals surface area contributed by atoms with Crippen LogP contribution in [0.4, 0.5) is 10.1 Å². The van der Waals surface area contributed by atoms with Crippen molar-refractivity contribution in [3.8, 4) is 17.2 Å². The van der Waals surface area contributed by atoms with Crippen LogP contribution in [0.25, 0.3) is 5.76 Å². The molecule has 0 saturated carbocycles. The predicted molar refractivity (Wildman–Crippen MR) is 124 cm³/mol. The first kappa shape index (κ1) is 22.8. The minimum Gasteiger partial charge on any atom is -0.507 e. The van der Waals surface area contributed by atoms with Crippen molar-refractivity contribution < 1.29 is 33.3 Å². The van der Waals surface area contributed by atoms with E-state index in [-0.39, 0.29) is 22.6 Å². The lowest BCUT2D eigenvalue weighted by Gasteiger charge is -2.26. The Hall–Kier alpha value is -4.33. The number of hydrogen-bond donors (Lipinski definition) is 1. The van der Waals surface area contributed by atoms with Crippen LogP contribution in [-0.2, 0) is 9.59 Å². The molecule has 0 aliphatic carbocycles. The lowest BCUT2D eigenvalue weighted by Crippen LogP contribution is -2.29. The van der Waals surface area contributed by atoms with Crippen molar-refractivity contribution in [3.05, 3.63) is 89.2 Å². The molecule has 1 fully saturated rings. The fourth-order valence-corrected chi connectivity index (χ4v) is 4.00. The Bertz CT molecular complexity index is 1300. The van der Waals surface area contributed by atoms with Gasteiger partial charge in [0.2, 0.25) is 0 Å². The third-order valence-electron chi connectivity index (χ3n) is 5.60. The largest absolute Gasteiger partial charge is 0.507 e. The van der Waals surface area contributed by atoms with Gasteiger partial charge in [-0.15, -0.1) is 0 Å². The van der Waals surface area contributed by atoms with Crippen LogP contribution in [-0.4, -0.2) is 38.1 Å². The van der Waals surface area contributed by atoms with Gasteiger partial charge in [-0.2, -0.15) is 0 Å². The number of ether oxygens (including phenoxy) is 3. The monoisotopic (exact) mass is 463 g/mol. The number of aliphatic hydroxyl groups excluding tert-OH is 1. The number of Topliss-reactive ketones (excluding diaryl/α,β-unsaturated/α-hetero) is 1. The van der Waals surface area contributed by atoms with Gasteiger partial charge in [0.05, 0.1) is 38.5 Å². The van der Waals surface area contributed by atoms with Gasteiger partial charge in [0, 0.05) is 5.69 Å². The Morgan fingerprint density at radius 3 is 2.26 bits per heavy atom. The van der Waals surface area contributed by atoms with Crippen molar-refractivity contribution in [1.82, 2.24) is 0 Å². The normalized spacial score (nSPS) is 17.1. The van der Waals surface area contributed by atoms with Gasteiger partial charge in [-0.1, -0.05) is 18.2 Å². The predicted octanol–water partition coefficient (Wildman–Crippen LogP) is 4.48. The molecule has 1 amide bonds. The molecule has 1 unspecified atom stereocenters. The Labute approximate surface area is 195 Å². The molecule has 0 aromatic heterocycles. The molecule has 174 valence electrons. The highest BCUT2D eigenvalue weighted by atomic mass is 19.1. The lowest BCUT2D eigenvalue weighted by molar-refractivity contribution is -0.132. The molecular formula is C26H22FNO6. The molecule has 0 bridgehead atoms. The number of anilines is 1. The van der Waals surface area contributed by atoms with Gasteiger partial charge >= 0.3 is 0 Å². The van der Waals surface area contributed by atoms with Crippen molar-refractivity contribution in [2.45, 2.75) is 6.04 Å². The van der Waals surface area contributed by atoms with E-state index in [2.05, 4.69) is 0 Å². The van der Waals surface area contributed by atoms with Crippen LogP contribution in [0.5, 0.6) is 17.2 Å². The number of carbonyl (C=O) groups is 2. The Morgan fingerprint density at radius 2 is 1.59 bits per heavy atom. The summed E-state index contributed by atoms with van der Waals surface area (Å²) in [5.41, 5.74) is 0.666. The molecule has 8 heteroatoms. The van der Waals surface area contributed by atoms with Gasteiger partial charge in [-0.05, 0) is 54.1 Å². The third-order valence-corrected chi connectivity index (χ3v) is 5.60. The molecule has 7 nitrogen and oxygen atoms in total. The van der Waals surface area contributed by atoms with Gasteiger partial charge in [-0.3, -0.25) is 14.5 Å². The van der Waals surface area contributed by atoms with Crippen LogP contribution in [0.1, 0.15) is 17.2 Å². The zero-order valence-electron chi connectivity index (χ0n) is 18.7. The fourth-order valence-electron chi connectivity index (χ4n) is 4.00. The van der Waals surface area contributed by atoms with Crippen LogP contribution in [0.2, 0.25) is 0 Å². The number of nitrogens with zero attached hydrogens (tertiary/aromatic N) is 1. The zero-order chi connectivity index (χ0) is 24.4. The minimum absolute atomic E-state index is 0.172. The van der Waals surface area contributed by atoms with Crippen LogP contribution < -0.4 is 19.1 Å². The standard InChI is InChI=1S/C26H22FNO6/c1-32-18-9-4-6-15(12-18)23-22(24(29)20-14-19(33-2)10-11-21(20)34-3)25(30)26(31)28(23)17-8-5-7-16(27)13-17/h4-14,23,29H,1-3H3/b24-22+. The van der Waals surface area contributed by atoms with E-state index in [0.717, 1.165) is 6.07 Å². The number of carbonyl (C=O) groups excluding carboxylic acids is 2. The maximum atomic E-state index is 14.1. The molecule has 1 heterocycles. The van der Waals surface area contributed by atoms with Crippen molar-refractivity contribution in [2.75, 3.05) is 26.2 Å². The average Bonchev–Trinajstić information content (AvgIpc) is 3.13. The van der Waals surface area contributed by atoms with E-state index in [0.29, 0.717) is 17.1 Å². The number of methoxy groups -OCH3 is 3. The Morgan fingerprint density at radius 1 is 0.882 bits per heavy atom. The topological polar surface area (TPSA) is 85.3 Å². The molecule has 1 aliphatic heterocycles. The van der Waals surface area contributed by atoms with E-state index in [4.69, 9.17) is 14.2 Å². The van der Waals surface area contributed by atoms with E-state index in [9.17, 15) is 19.1 Å². The van der Waals surface area contributed by atoms with E-state index in [1.54, 1.807) is 36.4 Å². The first-order valence-electron chi connectivity index (χ1n) is 10.3. The Kier molecular flexibility index (Phi) is 6.23. The number of ketones is 1. The SMILES string of the molecule is COc1cccc(C2/C(=C(\O)c3cc(OC)ccc3OC)C(=O)C(=O)N2c2cccc(F)c2)c1. The van der Waals surface area contributed by atoms with Crippen LogP contribution in [0.3, 0.4) is 0 Å². The van der Waals surface area contributed by atoms with Crippen molar-refractivity contribution in [3.63, 3.8) is 0 Å². The van der Waals surface area contributed by atoms with E-state index in [1.165, 1.54) is 50.5 Å². The van der Waals surface area contributed by atoms with Gasteiger partial charge in [-0.25, -0.2) is 4.39 Å². The second-order valence-corrected chi connectivity index (χ2v) is 7.49. The van der Waals surface area contributed by atoms with Crippen molar-refractivity contribution >= 4 is 23.1 Å². The van der Waals surface area contributed by atoms with Crippen LogP contribution >= 0.6 is 0 Å². The summed E-state index contributed by atoms with van der Waals surface area (Å²) in [4.78, 5) is 27.6. The van der Waals surface area contributed by atoms with Crippen LogP contribution in [0, 0.1) is 5.82 Å². The van der Waals surface area contributed by atoms with E-state index in [1.807, 2.05) is 0 Å². The zero-order valence-corrected chi connectivity index (χ0v) is 18.7. The molecule has 0 radical (unpaired) electrons. The molecule has 34 heavy (non-hydrogen) atoms. The fraction of sp³-hybridized carbons (Fsp3) is 0.154. The molecule has 1 saturated heterocycles. The lowest BCUT2D eigenvalue weighted by atomic mass is 9.94. The first-order valence-corrected chi connectivity index (χ1v) is 10.3. The molecule has 4 rings (SSSR count). The van der Waals surface area contributed by atoms with Crippen molar-refractivity contribution in [1.29, 1.82) is 0 Å². The van der Waals surface area contributed by atoms with Gasteiger partial charge in [0.25, 0.3) is 11.7 Å². The van der Waals surface area contributed by atoms with E-state index < -0.39 is 29.3 Å². The van der Waals surface area contributed by atoms with Gasteiger partial charge in [0.1, 0.15) is 28.8 Å². The summed E-state index contributed by atoms with van der Waals surface area (Å²) >= 11 is 0. The number of amides is 1. The maximum Gasteiger partial charge on any atom is 0.300 e. The summed E-state index contributed by atoms with van der Waals surface area (Å²) in [5, 5.41) is 11.4. The maximum absolute atomic E-state index is 14.1. The Balaban J connectivity index is 2.00. The summed E-state index contributed by atoms with van der Waals surface area (Å²) in [5.74, 6) is -1.65. The van der Waals surface area contributed by atoms with Crippen molar-refractivity contribution in [2.24, 2.45) is 0 Å². The number of rotatable bonds is 6. The highest BCUT2D eigenvalue weighted by molar-refractivity contribution is 6.51. The molecular weight excluding hydrogens is 441 g/mol. The highest BCUT2D eigenvalue weighted by Gasteiger charge is 2.47. The summed E-state index contributed by atoms with van der Waals surface area (Å²) in [6.07, 6.45) is 0. The molecule has 3 aromatic carbocycles. The second kappa shape index (κ2) is 9.27. The average molecular weight is 463 g/mol. The van der Waals surface area contributed by atoms with Crippen LogP contribution in [0.15, 0.2) is 72.3 Å². The summed E-state index contributed by atoms with van der Waals surface area (Å²) in [7, 11) is 4.37. The molecule has 1 atom stereocenters. The molecule has 0 spiro atoms.